The molecule has 0 aromatic heterocycles. The molecule has 0 unspecified atom stereocenters. The number of fused-ring (bicyclic) bond motifs is 5. The van der Waals surface area contributed by atoms with Crippen molar-refractivity contribution in [3.8, 4) is 0 Å². The van der Waals surface area contributed by atoms with Gasteiger partial charge in [-0.2, -0.15) is 0 Å². The van der Waals surface area contributed by atoms with Crippen molar-refractivity contribution < 1.29 is 15.0 Å². The number of hydrogen-bond acceptors (Lipinski definition) is 3. The molecule has 30 heavy (non-hydrogen) atoms. The lowest BCUT2D eigenvalue weighted by molar-refractivity contribution is -0.173. The van der Waals surface area contributed by atoms with E-state index >= 15 is 0 Å². The zero-order valence-electron chi connectivity index (χ0n) is 20.3. The van der Waals surface area contributed by atoms with E-state index in [9.17, 15) is 15.0 Å². The molecule has 0 saturated heterocycles. The van der Waals surface area contributed by atoms with Crippen LogP contribution in [0.1, 0.15) is 99.3 Å². The highest BCUT2D eigenvalue weighted by molar-refractivity contribution is 5.83. The standard InChI is InChI=1S/C27H46O3/c1-16(9-11-25(2,3)4)18-7-8-19-17-13-22(28)21-14-23(29)24(30)15-27(21,6)20(17)10-12-26(18,19)5/h16-21,23-24,29-30H,7-15H2,1-6H3/t16-,17+,18-,19+,20+,21-,23+,24-,26-,27-/m1/s1. The normalized spacial score (nSPS) is 49.9. The minimum atomic E-state index is -0.725. The Kier molecular flexibility index (Phi) is 5.75. The van der Waals surface area contributed by atoms with Gasteiger partial charge < -0.3 is 10.2 Å². The third kappa shape index (κ3) is 3.60. The number of rotatable bonds is 3. The van der Waals surface area contributed by atoms with Gasteiger partial charge in [-0.15, -0.1) is 0 Å². The van der Waals surface area contributed by atoms with Gasteiger partial charge in [-0.25, -0.2) is 0 Å². The Labute approximate surface area is 184 Å². The van der Waals surface area contributed by atoms with Gasteiger partial charge >= 0.3 is 0 Å². The van der Waals surface area contributed by atoms with Gasteiger partial charge in [-0.05, 0) is 97.2 Å². The van der Waals surface area contributed by atoms with E-state index in [4.69, 9.17) is 0 Å². The van der Waals surface area contributed by atoms with Gasteiger partial charge in [0.25, 0.3) is 0 Å². The van der Waals surface area contributed by atoms with E-state index in [0.717, 1.165) is 18.3 Å². The molecule has 4 saturated carbocycles. The minimum Gasteiger partial charge on any atom is -0.390 e. The van der Waals surface area contributed by atoms with Gasteiger partial charge in [0.15, 0.2) is 0 Å². The zero-order valence-corrected chi connectivity index (χ0v) is 20.3. The summed E-state index contributed by atoms with van der Waals surface area (Å²) in [6, 6.07) is 0. The topological polar surface area (TPSA) is 57.5 Å². The van der Waals surface area contributed by atoms with Crippen LogP contribution in [0, 0.1) is 51.8 Å². The first-order valence-electron chi connectivity index (χ1n) is 12.8. The highest BCUT2D eigenvalue weighted by Gasteiger charge is 2.63. The van der Waals surface area contributed by atoms with Crippen molar-refractivity contribution in [3.63, 3.8) is 0 Å². The van der Waals surface area contributed by atoms with Crippen LogP contribution in [0.4, 0.5) is 0 Å². The maximum Gasteiger partial charge on any atom is 0.136 e. The first-order chi connectivity index (χ1) is 13.9. The maximum atomic E-state index is 13.3. The highest BCUT2D eigenvalue weighted by Crippen LogP contribution is 2.67. The molecule has 3 nitrogen and oxygen atoms in total. The number of aliphatic hydroxyl groups is 2. The van der Waals surface area contributed by atoms with E-state index in [1.165, 1.54) is 38.5 Å². The summed E-state index contributed by atoms with van der Waals surface area (Å²) in [5, 5.41) is 20.7. The lowest BCUT2D eigenvalue weighted by Gasteiger charge is -2.61. The maximum absolute atomic E-state index is 13.3. The molecule has 0 aromatic carbocycles. The molecule has 172 valence electrons. The molecule has 0 heterocycles. The van der Waals surface area contributed by atoms with E-state index in [1.807, 2.05) is 0 Å². The molecule has 4 aliphatic carbocycles. The van der Waals surface area contributed by atoms with E-state index in [-0.39, 0.29) is 11.3 Å². The van der Waals surface area contributed by atoms with Crippen molar-refractivity contribution >= 4 is 5.78 Å². The van der Waals surface area contributed by atoms with Crippen LogP contribution in [0.3, 0.4) is 0 Å². The second-order valence-corrected chi connectivity index (χ2v) is 13.5. The Morgan fingerprint density at radius 2 is 1.70 bits per heavy atom. The summed E-state index contributed by atoms with van der Waals surface area (Å²) in [5.41, 5.74) is 0.640. The van der Waals surface area contributed by atoms with E-state index in [0.29, 0.717) is 47.2 Å². The zero-order chi connectivity index (χ0) is 22.1. The lowest BCUT2D eigenvalue weighted by Crippen LogP contribution is -2.59. The Morgan fingerprint density at radius 1 is 1.03 bits per heavy atom. The van der Waals surface area contributed by atoms with Gasteiger partial charge in [0.2, 0.25) is 0 Å². The molecule has 0 spiro atoms. The summed E-state index contributed by atoms with van der Waals surface area (Å²) in [6.45, 7) is 14.4. The lowest BCUT2D eigenvalue weighted by atomic mass is 9.44. The Balaban J connectivity index is 1.55. The fourth-order valence-corrected chi connectivity index (χ4v) is 8.91. The largest absolute Gasteiger partial charge is 0.390 e. The molecule has 4 aliphatic rings. The average Bonchev–Trinajstić information content (AvgIpc) is 2.99. The van der Waals surface area contributed by atoms with E-state index < -0.39 is 12.2 Å². The number of carbonyl (C=O) groups excluding carboxylic acids is 1. The third-order valence-corrected chi connectivity index (χ3v) is 10.6. The molecule has 3 heteroatoms. The Hall–Kier alpha value is -0.410. The SMILES string of the molecule is C[C@H](CCC(C)(C)C)[C@H]1CC[C@H]2[C@@H]3CC(=O)[C@H]4C[C@H](O)[C@H](O)C[C@]4(C)[C@H]3CC[C@]12C. The summed E-state index contributed by atoms with van der Waals surface area (Å²) in [6.07, 6.45) is 8.07. The van der Waals surface area contributed by atoms with Crippen LogP contribution in [0.5, 0.6) is 0 Å². The van der Waals surface area contributed by atoms with Crippen molar-refractivity contribution in [2.24, 2.45) is 51.8 Å². The van der Waals surface area contributed by atoms with Crippen LogP contribution in [0.25, 0.3) is 0 Å². The minimum absolute atomic E-state index is 0.0515. The summed E-state index contributed by atoms with van der Waals surface area (Å²) < 4.78 is 0. The Bertz CT molecular complexity index is 666. The van der Waals surface area contributed by atoms with Crippen molar-refractivity contribution in [1.29, 1.82) is 0 Å². The van der Waals surface area contributed by atoms with Crippen LogP contribution in [-0.4, -0.2) is 28.2 Å². The number of carbonyl (C=O) groups is 1. The molecule has 0 aliphatic heterocycles. The summed E-state index contributed by atoms with van der Waals surface area (Å²) in [4.78, 5) is 13.3. The molecule has 4 fully saturated rings. The van der Waals surface area contributed by atoms with Crippen LogP contribution < -0.4 is 0 Å². The number of Topliss-reactive ketones (excluding diaryl/α,β-unsaturated/α-hetero) is 1. The molecule has 0 aromatic rings. The molecule has 0 amide bonds. The van der Waals surface area contributed by atoms with Crippen molar-refractivity contribution in [1.82, 2.24) is 0 Å². The van der Waals surface area contributed by atoms with Gasteiger partial charge in [0.1, 0.15) is 5.78 Å². The number of aliphatic hydroxyl groups excluding tert-OH is 2. The molecule has 10 atom stereocenters. The predicted octanol–water partition coefficient (Wildman–Crippen LogP) is 5.62. The van der Waals surface area contributed by atoms with Crippen LogP contribution in [-0.2, 0) is 4.79 Å². The van der Waals surface area contributed by atoms with Crippen LogP contribution in [0.2, 0.25) is 0 Å². The molecule has 0 bridgehead atoms. The van der Waals surface area contributed by atoms with Crippen molar-refractivity contribution in [3.05, 3.63) is 0 Å². The first-order valence-corrected chi connectivity index (χ1v) is 12.8. The van der Waals surface area contributed by atoms with Gasteiger partial charge in [-0.3, -0.25) is 4.79 Å². The second-order valence-electron chi connectivity index (χ2n) is 13.5. The Morgan fingerprint density at radius 3 is 2.37 bits per heavy atom. The van der Waals surface area contributed by atoms with Crippen molar-refractivity contribution in [2.45, 2.75) is 112 Å². The van der Waals surface area contributed by atoms with Gasteiger partial charge in [0, 0.05) is 12.3 Å². The summed E-state index contributed by atoms with van der Waals surface area (Å²) in [5.74, 6) is 3.53. The second kappa shape index (κ2) is 7.58. The van der Waals surface area contributed by atoms with Crippen LogP contribution in [0.15, 0.2) is 0 Å². The monoisotopic (exact) mass is 418 g/mol. The average molecular weight is 419 g/mol. The third-order valence-electron chi connectivity index (χ3n) is 10.6. The molecular weight excluding hydrogens is 372 g/mol. The first kappa shape index (κ1) is 22.8. The summed E-state index contributed by atoms with van der Waals surface area (Å²) in [7, 11) is 0. The number of ketones is 1. The van der Waals surface area contributed by atoms with Crippen molar-refractivity contribution in [2.75, 3.05) is 0 Å². The molecule has 4 rings (SSSR count). The smallest absolute Gasteiger partial charge is 0.136 e. The number of hydrogen-bond donors (Lipinski definition) is 2. The van der Waals surface area contributed by atoms with Gasteiger partial charge in [0.05, 0.1) is 12.2 Å². The summed E-state index contributed by atoms with van der Waals surface area (Å²) >= 11 is 0. The molecular formula is C27H46O3. The van der Waals surface area contributed by atoms with E-state index in [1.54, 1.807) is 0 Å². The van der Waals surface area contributed by atoms with E-state index in [2.05, 4.69) is 41.5 Å². The quantitative estimate of drug-likeness (QED) is 0.625. The predicted molar refractivity (Wildman–Crippen MR) is 121 cm³/mol. The highest BCUT2D eigenvalue weighted by atomic mass is 16.3. The van der Waals surface area contributed by atoms with Crippen LogP contribution >= 0.6 is 0 Å². The molecule has 0 radical (unpaired) electrons. The molecule has 2 N–H and O–H groups in total. The fourth-order valence-electron chi connectivity index (χ4n) is 8.91. The van der Waals surface area contributed by atoms with Gasteiger partial charge in [-0.1, -0.05) is 41.5 Å². The fraction of sp³-hybridized carbons (Fsp3) is 0.963.